The van der Waals surface area contributed by atoms with Crippen LogP contribution in [0.25, 0.3) is 22.4 Å². The molecule has 0 aliphatic heterocycles. The monoisotopic (exact) mass is 328 g/mol. The molecule has 0 aliphatic carbocycles. The van der Waals surface area contributed by atoms with E-state index in [0.29, 0.717) is 0 Å². The summed E-state index contributed by atoms with van der Waals surface area (Å²) in [7, 11) is -1.38. The van der Waals surface area contributed by atoms with Crippen molar-refractivity contribution in [1.82, 2.24) is 9.97 Å². The lowest BCUT2D eigenvalue weighted by Gasteiger charge is -2.09. The molecular formula is C21H20N2Si. The molecule has 3 aromatic rings. The van der Waals surface area contributed by atoms with E-state index in [1.54, 1.807) is 0 Å². The Kier molecular flexibility index (Phi) is 4.59. The summed E-state index contributed by atoms with van der Waals surface area (Å²) in [6.45, 7) is 6.76. The van der Waals surface area contributed by atoms with Crippen LogP contribution in [0.1, 0.15) is 5.56 Å². The molecule has 118 valence electrons. The highest BCUT2D eigenvalue weighted by molar-refractivity contribution is 6.83. The summed E-state index contributed by atoms with van der Waals surface area (Å²) in [6, 6.07) is 16.4. The van der Waals surface area contributed by atoms with Gasteiger partial charge in [0.25, 0.3) is 0 Å². The van der Waals surface area contributed by atoms with Crippen molar-refractivity contribution in [3.63, 3.8) is 0 Å². The number of hydrogen-bond acceptors (Lipinski definition) is 2. The Morgan fingerprint density at radius 1 is 0.833 bits per heavy atom. The molecule has 3 heteroatoms. The number of benzene rings is 1. The summed E-state index contributed by atoms with van der Waals surface area (Å²) in [4.78, 5) is 8.72. The van der Waals surface area contributed by atoms with Crippen LogP contribution in [0.2, 0.25) is 19.6 Å². The van der Waals surface area contributed by atoms with Crippen molar-refractivity contribution in [2.24, 2.45) is 0 Å². The third-order valence-electron chi connectivity index (χ3n) is 3.52. The molecule has 0 bridgehead atoms. The van der Waals surface area contributed by atoms with E-state index in [1.807, 2.05) is 36.8 Å². The van der Waals surface area contributed by atoms with Gasteiger partial charge < -0.3 is 0 Å². The van der Waals surface area contributed by atoms with Crippen molar-refractivity contribution < 1.29 is 0 Å². The van der Waals surface area contributed by atoms with Crippen LogP contribution in [0.15, 0.2) is 67.1 Å². The SMILES string of the molecule is C[Si](C)(C)C#Cc1cccc(-c2ncccc2-c2ccncc2)c1. The Bertz CT molecular complexity index is 900. The predicted octanol–water partition coefficient (Wildman–Crippen LogP) is 5.04. The van der Waals surface area contributed by atoms with E-state index in [9.17, 15) is 0 Å². The average Bonchev–Trinajstić information content (AvgIpc) is 2.60. The third kappa shape index (κ3) is 3.98. The van der Waals surface area contributed by atoms with Crippen molar-refractivity contribution >= 4 is 8.07 Å². The van der Waals surface area contributed by atoms with Gasteiger partial charge in [0.05, 0.1) is 5.69 Å². The van der Waals surface area contributed by atoms with Crippen LogP contribution in [-0.4, -0.2) is 18.0 Å². The second kappa shape index (κ2) is 6.82. The quantitative estimate of drug-likeness (QED) is 0.486. The molecule has 3 rings (SSSR count). The maximum Gasteiger partial charge on any atom is 0.129 e. The van der Waals surface area contributed by atoms with Crippen molar-refractivity contribution in [2.75, 3.05) is 0 Å². The molecule has 2 aromatic heterocycles. The summed E-state index contributed by atoms with van der Waals surface area (Å²) in [5.74, 6) is 3.33. The lowest BCUT2D eigenvalue weighted by Crippen LogP contribution is -2.16. The van der Waals surface area contributed by atoms with Gasteiger partial charge in [0.1, 0.15) is 8.07 Å². The van der Waals surface area contributed by atoms with E-state index in [2.05, 4.69) is 71.4 Å². The van der Waals surface area contributed by atoms with Crippen LogP contribution in [0, 0.1) is 11.5 Å². The molecule has 0 amide bonds. The molecule has 1 aromatic carbocycles. The Morgan fingerprint density at radius 2 is 1.62 bits per heavy atom. The van der Waals surface area contributed by atoms with Crippen LogP contribution in [0.3, 0.4) is 0 Å². The first kappa shape index (κ1) is 16.2. The molecule has 2 nitrogen and oxygen atoms in total. The summed E-state index contributed by atoms with van der Waals surface area (Å²) >= 11 is 0. The van der Waals surface area contributed by atoms with Crippen molar-refractivity contribution in [3.8, 4) is 33.8 Å². The first-order valence-electron chi connectivity index (χ1n) is 8.02. The molecular weight excluding hydrogens is 308 g/mol. The predicted molar refractivity (Wildman–Crippen MR) is 103 cm³/mol. The Labute approximate surface area is 144 Å². The van der Waals surface area contributed by atoms with Crippen LogP contribution in [0.5, 0.6) is 0 Å². The normalized spacial score (nSPS) is 10.8. The minimum atomic E-state index is -1.38. The lowest BCUT2D eigenvalue weighted by molar-refractivity contribution is 1.30. The fourth-order valence-corrected chi connectivity index (χ4v) is 2.92. The highest BCUT2D eigenvalue weighted by Crippen LogP contribution is 2.30. The van der Waals surface area contributed by atoms with E-state index >= 15 is 0 Å². The standard InChI is InChI=1S/C21H20N2Si/c1-24(2,3)15-11-17-6-4-7-19(16-17)21-20(8-5-12-23-21)18-9-13-22-14-10-18/h4-10,12-14,16H,1-3H3. The van der Waals surface area contributed by atoms with Gasteiger partial charge in [-0.2, -0.15) is 0 Å². The van der Waals surface area contributed by atoms with Gasteiger partial charge in [0.2, 0.25) is 0 Å². The van der Waals surface area contributed by atoms with E-state index < -0.39 is 8.07 Å². The van der Waals surface area contributed by atoms with Crippen LogP contribution < -0.4 is 0 Å². The topological polar surface area (TPSA) is 25.8 Å². The smallest absolute Gasteiger partial charge is 0.129 e. The zero-order valence-corrected chi connectivity index (χ0v) is 15.2. The summed E-state index contributed by atoms with van der Waals surface area (Å²) in [5, 5.41) is 0. The molecule has 0 aliphatic rings. The van der Waals surface area contributed by atoms with Gasteiger partial charge in [0.15, 0.2) is 0 Å². The van der Waals surface area contributed by atoms with Crippen molar-refractivity contribution in [1.29, 1.82) is 0 Å². The van der Waals surface area contributed by atoms with Gasteiger partial charge in [-0.3, -0.25) is 9.97 Å². The van der Waals surface area contributed by atoms with Crippen LogP contribution in [0.4, 0.5) is 0 Å². The second-order valence-electron chi connectivity index (χ2n) is 6.72. The van der Waals surface area contributed by atoms with Crippen molar-refractivity contribution in [2.45, 2.75) is 19.6 Å². The zero-order valence-electron chi connectivity index (χ0n) is 14.2. The molecule has 0 saturated carbocycles. The van der Waals surface area contributed by atoms with E-state index in [0.717, 1.165) is 27.9 Å². The number of hydrogen-bond donors (Lipinski definition) is 0. The highest BCUT2D eigenvalue weighted by atomic mass is 28.3. The summed E-state index contributed by atoms with van der Waals surface area (Å²) in [6.07, 6.45) is 5.45. The van der Waals surface area contributed by atoms with Crippen LogP contribution in [-0.2, 0) is 0 Å². The maximum atomic E-state index is 4.62. The molecule has 0 saturated heterocycles. The molecule has 0 fully saturated rings. The van der Waals surface area contributed by atoms with Gasteiger partial charge in [0, 0.05) is 35.3 Å². The average molecular weight is 328 g/mol. The maximum absolute atomic E-state index is 4.62. The molecule has 0 atom stereocenters. The van der Waals surface area contributed by atoms with E-state index in [-0.39, 0.29) is 0 Å². The minimum absolute atomic E-state index is 0.973. The number of aromatic nitrogens is 2. The summed E-state index contributed by atoms with van der Waals surface area (Å²) in [5.41, 5.74) is 8.75. The highest BCUT2D eigenvalue weighted by Gasteiger charge is 2.10. The van der Waals surface area contributed by atoms with Gasteiger partial charge in [-0.05, 0) is 35.9 Å². The Morgan fingerprint density at radius 3 is 2.38 bits per heavy atom. The second-order valence-corrected chi connectivity index (χ2v) is 11.5. The Balaban J connectivity index is 2.06. The molecule has 0 N–H and O–H groups in total. The van der Waals surface area contributed by atoms with Crippen LogP contribution >= 0.6 is 0 Å². The van der Waals surface area contributed by atoms with Gasteiger partial charge in [-0.15, -0.1) is 5.54 Å². The molecule has 0 radical (unpaired) electrons. The van der Waals surface area contributed by atoms with Gasteiger partial charge >= 0.3 is 0 Å². The Hall–Kier alpha value is -2.70. The van der Waals surface area contributed by atoms with E-state index in [1.165, 1.54) is 0 Å². The largest absolute Gasteiger partial charge is 0.265 e. The zero-order chi connectivity index (χ0) is 17.0. The minimum Gasteiger partial charge on any atom is -0.265 e. The third-order valence-corrected chi connectivity index (χ3v) is 4.39. The van der Waals surface area contributed by atoms with Crippen molar-refractivity contribution in [3.05, 3.63) is 72.7 Å². The van der Waals surface area contributed by atoms with Gasteiger partial charge in [-0.25, -0.2) is 0 Å². The van der Waals surface area contributed by atoms with Gasteiger partial charge in [-0.1, -0.05) is 43.8 Å². The fourth-order valence-electron chi connectivity index (χ4n) is 2.40. The number of pyridine rings is 2. The number of rotatable bonds is 2. The number of nitrogens with zero attached hydrogens (tertiary/aromatic N) is 2. The molecule has 0 spiro atoms. The molecule has 24 heavy (non-hydrogen) atoms. The first-order valence-corrected chi connectivity index (χ1v) is 11.5. The van der Waals surface area contributed by atoms with E-state index in [4.69, 9.17) is 0 Å². The fraction of sp³-hybridized carbons (Fsp3) is 0.143. The first-order chi connectivity index (χ1) is 11.5. The summed E-state index contributed by atoms with van der Waals surface area (Å²) < 4.78 is 0. The lowest BCUT2D eigenvalue weighted by atomic mass is 9.99. The molecule has 0 unspecified atom stereocenters. The molecule has 2 heterocycles.